The summed E-state index contributed by atoms with van der Waals surface area (Å²) in [7, 11) is 0. The third-order valence-electron chi connectivity index (χ3n) is 5.65. The summed E-state index contributed by atoms with van der Waals surface area (Å²) < 4.78 is 21.5. The van der Waals surface area contributed by atoms with Gasteiger partial charge in [-0.3, -0.25) is 14.4 Å². The molecule has 0 bridgehead atoms. The molecule has 1 fully saturated rings. The van der Waals surface area contributed by atoms with E-state index in [-0.39, 0.29) is 22.7 Å². The lowest BCUT2D eigenvalue weighted by Crippen LogP contribution is -2.60. The van der Waals surface area contributed by atoms with Crippen LogP contribution in [0.5, 0.6) is 23.0 Å². The van der Waals surface area contributed by atoms with E-state index < -0.39 is 83.7 Å². The Morgan fingerprint density at radius 1 is 0.921 bits per heavy atom. The molecule has 0 saturated carbocycles. The van der Waals surface area contributed by atoms with Crippen molar-refractivity contribution in [3.8, 4) is 34.3 Å². The SMILES string of the molecule is O=C(O)CC(=O)OC[C@H]1O[C@@H](Oc2c(-c3ccc(O)cc3)oc3cc(O)cc(O)c3c2=O)C(O)C(O)[C@@H]1O. The second-order valence-electron chi connectivity index (χ2n) is 8.36. The Kier molecular flexibility index (Phi) is 7.41. The van der Waals surface area contributed by atoms with Crippen molar-refractivity contribution in [1.29, 1.82) is 0 Å². The van der Waals surface area contributed by atoms with E-state index in [2.05, 4.69) is 0 Å². The molecule has 4 rings (SSSR count). The molecule has 0 radical (unpaired) electrons. The summed E-state index contributed by atoms with van der Waals surface area (Å²) in [5, 5.41) is 69.0. The molecule has 2 unspecified atom stereocenters. The number of esters is 1. The van der Waals surface area contributed by atoms with Gasteiger partial charge < -0.3 is 54.4 Å². The van der Waals surface area contributed by atoms with Crippen LogP contribution in [0.3, 0.4) is 0 Å². The Bertz CT molecular complexity index is 1410. The predicted octanol–water partition coefficient (Wildman–Crippen LogP) is -0.219. The van der Waals surface area contributed by atoms with Crippen molar-refractivity contribution in [1.82, 2.24) is 0 Å². The number of carboxylic acid groups (broad SMARTS) is 1. The number of aromatic hydroxyl groups is 3. The number of aliphatic hydroxyl groups excluding tert-OH is 3. The fraction of sp³-hybridized carbons (Fsp3) is 0.292. The van der Waals surface area contributed by atoms with E-state index in [9.17, 15) is 45.0 Å². The Morgan fingerprint density at radius 2 is 1.61 bits per heavy atom. The van der Waals surface area contributed by atoms with Crippen molar-refractivity contribution in [2.24, 2.45) is 0 Å². The fourth-order valence-corrected chi connectivity index (χ4v) is 3.80. The van der Waals surface area contributed by atoms with Crippen molar-refractivity contribution in [3.05, 3.63) is 46.6 Å². The van der Waals surface area contributed by atoms with Crippen molar-refractivity contribution < 1.29 is 64.0 Å². The highest BCUT2D eigenvalue weighted by Gasteiger charge is 2.46. The van der Waals surface area contributed by atoms with Gasteiger partial charge in [-0.1, -0.05) is 0 Å². The first-order valence-corrected chi connectivity index (χ1v) is 11.0. The van der Waals surface area contributed by atoms with Gasteiger partial charge >= 0.3 is 11.9 Å². The summed E-state index contributed by atoms with van der Waals surface area (Å²) in [5.41, 5.74) is -1.01. The highest BCUT2D eigenvalue weighted by molar-refractivity contribution is 5.90. The number of phenolic OH excluding ortho intramolecular Hbond substituents is 3. The molecule has 1 aliphatic heterocycles. The summed E-state index contributed by atoms with van der Waals surface area (Å²) >= 11 is 0. The molecule has 3 aromatic rings. The van der Waals surface area contributed by atoms with Crippen LogP contribution in [0.15, 0.2) is 45.6 Å². The van der Waals surface area contributed by atoms with E-state index >= 15 is 0 Å². The second-order valence-corrected chi connectivity index (χ2v) is 8.36. The molecule has 2 heterocycles. The minimum atomic E-state index is -1.94. The van der Waals surface area contributed by atoms with Crippen molar-refractivity contribution in [3.63, 3.8) is 0 Å². The van der Waals surface area contributed by atoms with Gasteiger partial charge in [0.15, 0.2) is 5.76 Å². The maximum Gasteiger partial charge on any atom is 0.317 e. The van der Waals surface area contributed by atoms with Gasteiger partial charge in [-0.2, -0.15) is 0 Å². The number of aliphatic hydroxyl groups is 3. The van der Waals surface area contributed by atoms with Gasteiger partial charge in [-0.05, 0) is 24.3 Å². The molecule has 14 heteroatoms. The van der Waals surface area contributed by atoms with Gasteiger partial charge in [-0.15, -0.1) is 0 Å². The molecule has 2 aromatic carbocycles. The lowest BCUT2D eigenvalue weighted by molar-refractivity contribution is -0.278. The number of carboxylic acids is 1. The third kappa shape index (κ3) is 5.33. The molecule has 0 spiro atoms. The number of carbonyl (C=O) groups excluding carboxylic acids is 1. The van der Waals surface area contributed by atoms with Crippen LogP contribution >= 0.6 is 0 Å². The Labute approximate surface area is 212 Å². The van der Waals surface area contributed by atoms with Gasteiger partial charge in [0.05, 0.1) is 0 Å². The molecule has 1 aliphatic rings. The molecule has 1 aromatic heterocycles. The number of hydrogen-bond donors (Lipinski definition) is 7. The lowest BCUT2D eigenvalue weighted by atomic mass is 9.99. The zero-order valence-electron chi connectivity index (χ0n) is 19.3. The first-order chi connectivity index (χ1) is 18.0. The highest BCUT2D eigenvalue weighted by atomic mass is 16.7. The van der Waals surface area contributed by atoms with E-state index in [1.54, 1.807) is 0 Å². The average Bonchev–Trinajstić information content (AvgIpc) is 2.84. The molecular formula is C24H22O14. The van der Waals surface area contributed by atoms with Crippen LogP contribution in [-0.2, 0) is 19.1 Å². The molecule has 202 valence electrons. The lowest BCUT2D eigenvalue weighted by Gasteiger charge is -2.39. The quantitative estimate of drug-likeness (QED) is 0.153. The number of benzene rings is 2. The largest absolute Gasteiger partial charge is 0.508 e. The molecule has 14 nitrogen and oxygen atoms in total. The Morgan fingerprint density at radius 3 is 2.26 bits per heavy atom. The number of carbonyl (C=O) groups is 2. The number of fused-ring (bicyclic) bond motifs is 1. The number of aliphatic carboxylic acids is 1. The van der Waals surface area contributed by atoms with Gasteiger partial charge in [0.2, 0.25) is 17.5 Å². The molecule has 0 amide bonds. The van der Waals surface area contributed by atoms with Gasteiger partial charge in [-0.25, -0.2) is 0 Å². The zero-order chi connectivity index (χ0) is 27.7. The predicted molar refractivity (Wildman–Crippen MR) is 123 cm³/mol. The number of phenols is 3. The Balaban J connectivity index is 1.73. The van der Waals surface area contributed by atoms with Crippen LogP contribution < -0.4 is 10.2 Å². The van der Waals surface area contributed by atoms with Crippen LogP contribution in [0.4, 0.5) is 0 Å². The standard InChI is InChI=1S/C24H22O14/c25-10-3-1-9(2-4-10)22-23(19(32)17-12(27)5-11(26)6-13(17)36-22)38-24-21(34)20(33)18(31)14(37-24)8-35-16(30)7-15(28)29/h1-6,14,18,20-21,24-27,31,33-34H,7-8H2,(H,28,29)/t14-,18-,20?,21?,24+/m1/s1. The van der Waals surface area contributed by atoms with Crippen LogP contribution in [0.1, 0.15) is 6.42 Å². The average molecular weight is 534 g/mol. The van der Waals surface area contributed by atoms with Crippen molar-refractivity contribution in [2.75, 3.05) is 6.61 Å². The number of rotatable bonds is 7. The van der Waals surface area contributed by atoms with Crippen molar-refractivity contribution in [2.45, 2.75) is 37.1 Å². The molecule has 7 N–H and O–H groups in total. The third-order valence-corrected chi connectivity index (χ3v) is 5.65. The Hall–Kier alpha value is -4.37. The van der Waals surface area contributed by atoms with Crippen LogP contribution in [0.2, 0.25) is 0 Å². The smallest absolute Gasteiger partial charge is 0.317 e. The summed E-state index contributed by atoms with van der Waals surface area (Å²) in [4.78, 5) is 35.6. The second kappa shape index (κ2) is 10.5. The summed E-state index contributed by atoms with van der Waals surface area (Å²) in [6.07, 6.45) is -9.97. The van der Waals surface area contributed by atoms with Crippen LogP contribution in [0.25, 0.3) is 22.3 Å². The minimum absolute atomic E-state index is 0.113. The van der Waals surface area contributed by atoms with Crippen LogP contribution in [-0.4, -0.2) is 85.0 Å². The van der Waals surface area contributed by atoms with Gasteiger partial charge in [0.25, 0.3) is 0 Å². The maximum absolute atomic E-state index is 13.4. The van der Waals surface area contributed by atoms with E-state index in [1.807, 2.05) is 0 Å². The van der Waals surface area contributed by atoms with E-state index in [0.29, 0.717) is 0 Å². The summed E-state index contributed by atoms with van der Waals surface area (Å²) in [6, 6.07) is 7.22. The van der Waals surface area contributed by atoms with E-state index in [0.717, 1.165) is 12.1 Å². The van der Waals surface area contributed by atoms with Gasteiger partial charge in [0, 0.05) is 17.7 Å². The number of ether oxygens (including phenoxy) is 3. The van der Waals surface area contributed by atoms with Crippen molar-refractivity contribution >= 4 is 22.9 Å². The minimum Gasteiger partial charge on any atom is -0.508 e. The van der Waals surface area contributed by atoms with Crippen LogP contribution in [0, 0.1) is 0 Å². The number of hydrogen-bond acceptors (Lipinski definition) is 13. The monoisotopic (exact) mass is 534 g/mol. The highest BCUT2D eigenvalue weighted by Crippen LogP contribution is 2.37. The molecule has 0 aliphatic carbocycles. The van der Waals surface area contributed by atoms with E-state index in [4.69, 9.17) is 23.7 Å². The van der Waals surface area contributed by atoms with Gasteiger partial charge in [0.1, 0.15) is 65.7 Å². The molecular weight excluding hydrogens is 512 g/mol. The maximum atomic E-state index is 13.4. The molecule has 5 atom stereocenters. The van der Waals surface area contributed by atoms with E-state index in [1.165, 1.54) is 24.3 Å². The zero-order valence-corrected chi connectivity index (χ0v) is 19.3. The summed E-state index contributed by atoms with van der Waals surface area (Å²) in [6.45, 7) is -0.728. The fourth-order valence-electron chi connectivity index (χ4n) is 3.80. The summed E-state index contributed by atoms with van der Waals surface area (Å²) in [5.74, 6) is -4.68. The molecule has 38 heavy (non-hydrogen) atoms. The normalized spacial score (nSPS) is 23.2. The molecule has 1 saturated heterocycles. The first kappa shape index (κ1) is 26.7. The first-order valence-electron chi connectivity index (χ1n) is 11.0. The topological polar surface area (TPSA) is 234 Å².